The number of carbonyl (C=O) groups excluding carboxylic acids is 2. The number of rotatable bonds is 5. The van der Waals surface area contributed by atoms with Gasteiger partial charge in [-0.25, -0.2) is 14.6 Å². The van der Waals surface area contributed by atoms with E-state index in [2.05, 4.69) is 10.5 Å². The normalized spacial score (nSPS) is 10.3. The molecule has 0 atom stereocenters. The van der Waals surface area contributed by atoms with Crippen LogP contribution in [0.1, 0.15) is 31.8 Å². The summed E-state index contributed by atoms with van der Waals surface area (Å²) in [4.78, 5) is 24.0. The Morgan fingerprint density at radius 2 is 1.55 bits per heavy atom. The SMILES string of the molecule is N#Cc1ccc(C(=O)N/N=C\c2ccc(OC(=O)c3ccc(F)cc3)cc2)cc1. The smallest absolute Gasteiger partial charge is 0.343 e. The van der Waals surface area contributed by atoms with Crippen molar-refractivity contribution in [3.8, 4) is 11.8 Å². The van der Waals surface area contributed by atoms with E-state index >= 15 is 0 Å². The maximum atomic E-state index is 12.9. The molecule has 1 N–H and O–H groups in total. The Hall–Kier alpha value is -4.31. The highest BCUT2D eigenvalue weighted by Gasteiger charge is 2.08. The lowest BCUT2D eigenvalue weighted by molar-refractivity contribution is 0.0734. The van der Waals surface area contributed by atoms with Crippen LogP contribution in [0.3, 0.4) is 0 Å². The van der Waals surface area contributed by atoms with E-state index in [4.69, 9.17) is 10.00 Å². The van der Waals surface area contributed by atoms with Gasteiger partial charge in [-0.15, -0.1) is 0 Å². The zero-order valence-corrected chi connectivity index (χ0v) is 15.0. The number of nitrogens with zero attached hydrogens (tertiary/aromatic N) is 2. The van der Waals surface area contributed by atoms with E-state index < -0.39 is 17.7 Å². The maximum absolute atomic E-state index is 12.9. The third kappa shape index (κ3) is 5.34. The van der Waals surface area contributed by atoms with Crippen molar-refractivity contribution < 1.29 is 18.7 Å². The Balaban J connectivity index is 1.55. The van der Waals surface area contributed by atoms with Gasteiger partial charge in [0.2, 0.25) is 0 Å². The van der Waals surface area contributed by atoms with Gasteiger partial charge < -0.3 is 4.74 Å². The lowest BCUT2D eigenvalue weighted by Crippen LogP contribution is -2.17. The van der Waals surface area contributed by atoms with Crippen LogP contribution >= 0.6 is 0 Å². The number of benzene rings is 3. The number of hydrogen-bond donors (Lipinski definition) is 1. The predicted molar refractivity (Wildman–Crippen MR) is 104 cm³/mol. The molecule has 6 nitrogen and oxygen atoms in total. The summed E-state index contributed by atoms with van der Waals surface area (Å²) in [6.45, 7) is 0. The molecule has 0 unspecified atom stereocenters. The fourth-order valence-corrected chi connectivity index (χ4v) is 2.30. The lowest BCUT2D eigenvalue weighted by atomic mass is 10.1. The molecule has 3 aromatic carbocycles. The fraction of sp³-hybridized carbons (Fsp3) is 0. The number of hydrazone groups is 1. The van der Waals surface area contributed by atoms with Crippen LogP contribution in [-0.4, -0.2) is 18.1 Å². The molecule has 142 valence electrons. The third-order valence-corrected chi connectivity index (χ3v) is 3.83. The summed E-state index contributed by atoms with van der Waals surface area (Å²) in [5.41, 5.74) is 4.14. The number of carbonyl (C=O) groups is 2. The summed E-state index contributed by atoms with van der Waals surface area (Å²) in [5.74, 6) is -1.12. The van der Waals surface area contributed by atoms with Crippen molar-refractivity contribution in [2.75, 3.05) is 0 Å². The number of nitrogens with one attached hydrogen (secondary N) is 1. The van der Waals surface area contributed by atoms with E-state index in [1.165, 1.54) is 42.6 Å². The van der Waals surface area contributed by atoms with Crippen molar-refractivity contribution in [1.29, 1.82) is 5.26 Å². The van der Waals surface area contributed by atoms with E-state index in [-0.39, 0.29) is 5.56 Å². The second kappa shape index (κ2) is 9.06. The second-order valence-corrected chi connectivity index (χ2v) is 5.85. The number of amides is 1. The molecule has 7 heteroatoms. The summed E-state index contributed by atoms with van der Waals surface area (Å²) in [6, 6.07) is 19.7. The van der Waals surface area contributed by atoms with Crippen LogP contribution in [0, 0.1) is 17.1 Å². The van der Waals surface area contributed by atoms with Crippen molar-refractivity contribution in [2.45, 2.75) is 0 Å². The van der Waals surface area contributed by atoms with Crippen LogP contribution in [0.2, 0.25) is 0 Å². The molecule has 0 aliphatic rings. The second-order valence-electron chi connectivity index (χ2n) is 5.85. The minimum Gasteiger partial charge on any atom is -0.423 e. The summed E-state index contributed by atoms with van der Waals surface area (Å²) >= 11 is 0. The molecule has 0 saturated heterocycles. The van der Waals surface area contributed by atoms with Crippen molar-refractivity contribution in [3.05, 3.63) is 101 Å². The molecular weight excluding hydrogens is 373 g/mol. The first-order valence-electron chi connectivity index (χ1n) is 8.46. The Morgan fingerprint density at radius 1 is 0.931 bits per heavy atom. The molecule has 0 aliphatic heterocycles. The summed E-state index contributed by atoms with van der Waals surface area (Å²) in [6.07, 6.45) is 1.44. The van der Waals surface area contributed by atoms with Crippen molar-refractivity contribution >= 4 is 18.1 Å². The predicted octanol–water partition coefficient (Wildman–Crippen LogP) is 3.68. The van der Waals surface area contributed by atoms with E-state index in [1.54, 1.807) is 36.4 Å². The highest BCUT2D eigenvalue weighted by atomic mass is 19.1. The van der Waals surface area contributed by atoms with Gasteiger partial charge in [-0.3, -0.25) is 4.79 Å². The molecule has 0 fully saturated rings. The number of ether oxygens (including phenoxy) is 1. The first-order valence-corrected chi connectivity index (χ1v) is 8.46. The van der Waals surface area contributed by atoms with E-state index in [0.717, 1.165) is 0 Å². The van der Waals surface area contributed by atoms with Gasteiger partial charge in [0.1, 0.15) is 11.6 Å². The number of esters is 1. The van der Waals surface area contributed by atoms with E-state index in [1.807, 2.05) is 6.07 Å². The molecular formula is C22H14FN3O3. The van der Waals surface area contributed by atoms with Gasteiger partial charge in [0, 0.05) is 5.56 Å². The molecule has 1 amide bonds. The van der Waals surface area contributed by atoms with Crippen molar-refractivity contribution in [2.24, 2.45) is 5.10 Å². The first-order chi connectivity index (χ1) is 14.0. The molecule has 0 aromatic heterocycles. The number of hydrogen-bond acceptors (Lipinski definition) is 5. The average Bonchev–Trinajstić information content (AvgIpc) is 2.75. The minimum absolute atomic E-state index is 0.238. The summed E-state index contributed by atoms with van der Waals surface area (Å²) in [5, 5.41) is 12.6. The Bertz CT molecular complexity index is 1080. The van der Waals surface area contributed by atoms with Gasteiger partial charge in [-0.2, -0.15) is 10.4 Å². The highest BCUT2D eigenvalue weighted by Crippen LogP contribution is 2.14. The largest absolute Gasteiger partial charge is 0.423 e. The van der Waals surface area contributed by atoms with E-state index in [0.29, 0.717) is 22.4 Å². The maximum Gasteiger partial charge on any atom is 0.343 e. The van der Waals surface area contributed by atoms with Crippen LogP contribution in [0.5, 0.6) is 5.75 Å². The number of nitriles is 1. The van der Waals surface area contributed by atoms with Gasteiger partial charge in [0.05, 0.1) is 23.4 Å². The van der Waals surface area contributed by atoms with E-state index in [9.17, 15) is 14.0 Å². The van der Waals surface area contributed by atoms with Crippen molar-refractivity contribution in [3.63, 3.8) is 0 Å². The van der Waals surface area contributed by atoms with Gasteiger partial charge in [-0.05, 0) is 78.4 Å². The lowest BCUT2D eigenvalue weighted by Gasteiger charge is -2.04. The first kappa shape index (κ1) is 19.5. The number of halogens is 1. The van der Waals surface area contributed by atoms with Gasteiger partial charge in [0.25, 0.3) is 5.91 Å². The average molecular weight is 387 g/mol. The molecule has 0 spiro atoms. The van der Waals surface area contributed by atoms with Gasteiger partial charge in [-0.1, -0.05) is 0 Å². The van der Waals surface area contributed by atoms with Crippen LogP contribution in [0.4, 0.5) is 4.39 Å². The molecule has 0 bridgehead atoms. The molecule has 29 heavy (non-hydrogen) atoms. The van der Waals surface area contributed by atoms with Crippen LogP contribution in [-0.2, 0) is 0 Å². The molecule has 0 heterocycles. The molecule has 3 rings (SSSR count). The molecule has 0 saturated carbocycles. The Kier molecular flexibility index (Phi) is 6.08. The molecule has 0 aliphatic carbocycles. The summed E-state index contributed by atoms with van der Waals surface area (Å²) in [7, 11) is 0. The topological polar surface area (TPSA) is 91.6 Å². The summed E-state index contributed by atoms with van der Waals surface area (Å²) < 4.78 is 18.1. The van der Waals surface area contributed by atoms with Crippen molar-refractivity contribution in [1.82, 2.24) is 5.43 Å². The zero-order chi connectivity index (χ0) is 20.6. The highest BCUT2D eigenvalue weighted by molar-refractivity contribution is 5.95. The van der Waals surface area contributed by atoms with Crippen LogP contribution in [0.15, 0.2) is 77.9 Å². The minimum atomic E-state index is -0.596. The zero-order valence-electron chi connectivity index (χ0n) is 15.0. The van der Waals surface area contributed by atoms with Gasteiger partial charge >= 0.3 is 5.97 Å². The quantitative estimate of drug-likeness (QED) is 0.313. The Morgan fingerprint density at radius 3 is 2.17 bits per heavy atom. The Labute approximate surface area is 165 Å². The monoisotopic (exact) mass is 387 g/mol. The van der Waals surface area contributed by atoms with Crippen LogP contribution < -0.4 is 10.2 Å². The molecule has 3 aromatic rings. The van der Waals surface area contributed by atoms with Crippen LogP contribution in [0.25, 0.3) is 0 Å². The van der Waals surface area contributed by atoms with Gasteiger partial charge in [0.15, 0.2) is 0 Å². The fourth-order valence-electron chi connectivity index (χ4n) is 2.30. The molecule has 0 radical (unpaired) electrons. The standard InChI is InChI=1S/C22H14FN3O3/c23-19-9-7-18(8-10-19)22(28)29-20-11-3-16(4-12-20)14-25-26-21(27)17-5-1-15(13-24)2-6-17/h1-12,14H,(H,26,27)/b25-14-. The third-order valence-electron chi connectivity index (χ3n) is 3.83.